The normalized spacial score (nSPS) is 17.7. The number of carbonyl (C=O) groups is 3. The van der Waals surface area contributed by atoms with Gasteiger partial charge in [0.15, 0.2) is 0 Å². The zero-order valence-electron chi connectivity index (χ0n) is 14.1. The van der Waals surface area contributed by atoms with E-state index >= 15 is 0 Å². The first-order valence-corrected chi connectivity index (χ1v) is 8.77. The second-order valence-corrected chi connectivity index (χ2v) is 7.08. The Hall–Kier alpha value is -1.93. The highest BCUT2D eigenvalue weighted by atomic mass is 32.1. The van der Waals surface area contributed by atoms with E-state index in [0.717, 1.165) is 10.4 Å². The average molecular weight is 351 g/mol. The van der Waals surface area contributed by atoms with E-state index in [2.05, 4.69) is 0 Å². The van der Waals surface area contributed by atoms with Gasteiger partial charge < -0.3 is 19.4 Å². The molecule has 0 aliphatic carbocycles. The summed E-state index contributed by atoms with van der Waals surface area (Å²) in [6.07, 6.45) is 0.626. The quantitative estimate of drug-likeness (QED) is 0.805. The molecular formula is C16H21N3O4S. The monoisotopic (exact) mass is 351 g/mol. The minimum absolute atomic E-state index is 0.0426. The molecule has 0 radical (unpaired) electrons. The predicted molar refractivity (Wildman–Crippen MR) is 90.3 cm³/mol. The van der Waals surface area contributed by atoms with Crippen molar-refractivity contribution in [2.75, 3.05) is 45.3 Å². The molecule has 0 saturated carbocycles. The van der Waals surface area contributed by atoms with Gasteiger partial charge >= 0.3 is 0 Å². The fraction of sp³-hybridized carbons (Fsp3) is 0.562. The zero-order chi connectivity index (χ0) is 17.4. The summed E-state index contributed by atoms with van der Waals surface area (Å²) in [7, 11) is 3.35. The number of anilines is 1. The number of nitrogens with zero attached hydrogens (tertiary/aromatic N) is 3. The molecule has 0 unspecified atom stereocenters. The molecule has 0 saturated heterocycles. The summed E-state index contributed by atoms with van der Waals surface area (Å²) in [5.41, 5.74) is 1.61. The van der Waals surface area contributed by atoms with E-state index in [1.54, 1.807) is 23.9 Å². The van der Waals surface area contributed by atoms with Crippen LogP contribution >= 0.6 is 11.3 Å². The Morgan fingerprint density at radius 3 is 2.71 bits per heavy atom. The molecule has 3 rings (SSSR count). The first kappa shape index (κ1) is 16.9. The molecule has 130 valence electrons. The highest BCUT2D eigenvalue weighted by Crippen LogP contribution is 2.40. The molecule has 0 aromatic carbocycles. The summed E-state index contributed by atoms with van der Waals surface area (Å²) in [5, 5.41) is 0.693. The number of carbonyl (C=O) groups excluding carboxylic acids is 3. The summed E-state index contributed by atoms with van der Waals surface area (Å²) in [6, 6.07) is 0. The average Bonchev–Trinajstić information content (AvgIpc) is 2.92. The van der Waals surface area contributed by atoms with Crippen LogP contribution in [0.4, 0.5) is 5.00 Å². The number of likely N-dealkylation sites (N-methyl/N-ethyl adjacent to an activating group) is 2. The molecule has 0 fully saturated rings. The van der Waals surface area contributed by atoms with Gasteiger partial charge in [0.1, 0.15) is 18.2 Å². The van der Waals surface area contributed by atoms with Crippen LogP contribution in [0.2, 0.25) is 0 Å². The van der Waals surface area contributed by atoms with Gasteiger partial charge in [-0.1, -0.05) is 0 Å². The van der Waals surface area contributed by atoms with Crippen LogP contribution in [-0.4, -0.2) is 67.9 Å². The number of thiophene rings is 1. The number of hydrogen-bond acceptors (Lipinski definition) is 5. The van der Waals surface area contributed by atoms with Crippen molar-refractivity contribution in [3.63, 3.8) is 0 Å². The number of hydrogen-bond donors (Lipinski definition) is 0. The summed E-state index contributed by atoms with van der Waals surface area (Å²) in [5.74, 6) is -0.263. The van der Waals surface area contributed by atoms with E-state index in [4.69, 9.17) is 4.74 Å². The molecule has 1 aromatic heterocycles. The fourth-order valence-electron chi connectivity index (χ4n) is 3.02. The summed E-state index contributed by atoms with van der Waals surface area (Å²) in [4.78, 5) is 42.8. The van der Waals surface area contributed by atoms with E-state index in [-0.39, 0.29) is 30.9 Å². The minimum atomic E-state index is -0.116. The fourth-order valence-corrected chi connectivity index (χ4v) is 4.36. The first-order valence-electron chi connectivity index (χ1n) is 7.96. The number of ether oxygens (including phenoxy) is 1. The van der Waals surface area contributed by atoms with Crippen molar-refractivity contribution in [2.24, 2.45) is 0 Å². The molecule has 2 aliphatic rings. The van der Waals surface area contributed by atoms with Crippen LogP contribution in [0.15, 0.2) is 0 Å². The highest BCUT2D eigenvalue weighted by Gasteiger charge is 2.36. The molecule has 24 heavy (non-hydrogen) atoms. The molecule has 0 spiro atoms. The van der Waals surface area contributed by atoms with E-state index in [1.807, 2.05) is 6.92 Å². The van der Waals surface area contributed by atoms with E-state index < -0.39 is 0 Å². The Morgan fingerprint density at radius 1 is 1.25 bits per heavy atom. The Bertz CT molecular complexity index is 700. The lowest BCUT2D eigenvalue weighted by molar-refractivity contribution is -0.136. The van der Waals surface area contributed by atoms with Crippen LogP contribution in [-0.2, 0) is 27.3 Å². The molecule has 2 aliphatic heterocycles. The third-order valence-corrected chi connectivity index (χ3v) is 5.73. The van der Waals surface area contributed by atoms with E-state index in [0.29, 0.717) is 36.7 Å². The van der Waals surface area contributed by atoms with Crippen LogP contribution < -0.4 is 4.90 Å². The van der Waals surface area contributed by atoms with Crippen LogP contribution in [0.25, 0.3) is 0 Å². The zero-order valence-corrected chi connectivity index (χ0v) is 14.9. The van der Waals surface area contributed by atoms with Crippen molar-refractivity contribution in [2.45, 2.75) is 19.9 Å². The van der Waals surface area contributed by atoms with Crippen LogP contribution in [0, 0.1) is 0 Å². The van der Waals surface area contributed by atoms with Gasteiger partial charge in [-0.25, -0.2) is 0 Å². The van der Waals surface area contributed by atoms with Gasteiger partial charge in [-0.15, -0.1) is 11.3 Å². The van der Waals surface area contributed by atoms with Crippen molar-refractivity contribution >= 4 is 34.1 Å². The molecule has 7 nitrogen and oxygen atoms in total. The lowest BCUT2D eigenvalue weighted by Gasteiger charge is -2.27. The molecule has 8 heteroatoms. The number of amides is 3. The Labute approximate surface area is 144 Å². The molecule has 3 amide bonds. The van der Waals surface area contributed by atoms with Gasteiger partial charge in [-0.3, -0.25) is 14.4 Å². The van der Waals surface area contributed by atoms with E-state index in [9.17, 15) is 14.4 Å². The van der Waals surface area contributed by atoms with Gasteiger partial charge in [0.25, 0.3) is 5.91 Å². The standard InChI is InChI=1S/C16H21N3O4S/c1-4-23-9-13(21)19-6-5-10-11(7-19)24-16-14(10)15(22)17(2)8-12(20)18(16)3/h4-9H2,1-3H3. The molecule has 1 aromatic rings. The SMILES string of the molecule is CCOCC(=O)N1CCc2c(sc3c2C(=O)N(C)CC(=O)N3C)C1. The third-order valence-electron chi connectivity index (χ3n) is 4.43. The van der Waals surface area contributed by atoms with Gasteiger partial charge in [0, 0.05) is 32.1 Å². The van der Waals surface area contributed by atoms with Gasteiger partial charge in [-0.2, -0.15) is 0 Å². The third kappa shape index (κ3) is 2.80. The second-order valence-electron chi connectivity index (χ2n) is 6.00. The van der Waals surface area contributed by atoms with Crippen molar-refractivity contribution in [1.29, 1.82) is 0 Å². The van der Waals surface area contributed by atoms with Crippen LogP contribution in [0.5, 0.6) is 0 Å². The highest BCUT2D eigenvalue weighted by molar-refractivity contribution is 7.17. The van der Waals surface area contributed by atoms with Crippen LogP contribution in [0.1, 0.15) is 27.7 Å². The van der Waals surface area contributed by atoms with Crippen LogP contribution in [0.3, 0.4) is 0 Å². The molecular weight excluding hydrogens is 330 g/mol. The second kappa shape index (κ2) is 6.52. The van der Waals surface area contributed by atoms with Crippen molar-refractivity contribution in [3.8, 4) is 0 Å². The largest absolute Gasteiger partial charge is 0.372 e. The minimum Gasteiger partial charge on any atom is -0.372 e. The lowest BCUT2D eigenvalue weighted by atomic mass is 10.0. The van der Waals surface area contributed by atoms with Gasteiger partial charge in [0.05, 0.1) is 12.1 Å². The smallest absolute Gasteiger partial charge is 0.257 e. The summed E-state index contributed by atoms with van der Waals surface area (Å²) >= 11 is 1.44. The van der Waals surface area contributed by atoms with Crippen molar-refractivity contribution in [3.05, 3.63) is 16.0 Å². The molecule has 0 N–H and O–H groups in total. The molecule has 0 atom stereocenters. The Balaban J connectivity index is 1.92. The van der Waals surface area contributed by atoms with Crippen molar-refractivity contribution in [1.82, 2.24) is 9.80 Å². The lowest BCUT2D eigenvalue weighted by Crippen LogP contribution is -2.38. The molecule has 3 heterocycles. The predicted octanol–water partition coefficient (Wildman–Crippen LogP) is 0.718. The first-order chi connectivity index (χ1) is 11.4. The number of fused-ring (bicyclic) bond motifs is 3. The Kier molecular flexibility index (Phi) is 4.60. The molecule has 0 bridgehead atoms. The summed E-state index contributed by atoms with van der Waals surface area (Å²) < 4.78 is 5.20. The van der Waals surface area contributed by atoms with Gasteiger partial charge in [-0.05, 0) is 18.9 Å². The summed E-state index contributed by atoms with van der Waals surface area (Å²) in [6.45, 7) is 3.56. The van der Waals surface area contributed by atoms with E-state index in [1.165, 1.54) is 16.2 Å². The maximum Gasteiger partial charge on any atom is 0.257 e. The van der Waals surface area contributed by atoms with Gasteiger partial charge in [0.2, 0.25) is 11.8 Å². The Morgan fingerprint density at radius 2 is 2.00 bits per heavy atom. The maximum atomic E-state index is 12.7. The number of rotatable bonds is 3. The van der Waals surface area contributed by atoms with Crippen molar-refractivity contribution < 1.29 is 19.1 Å². The maximum absolute atomic E-state index is 12.7. The topological polar surface area (TPSA) is 70.2 Å².